The van der Waals surface area contributed by atoms with Gasteiger partial charge < -0.3 is 15.6 Å². The standard InChI is InChI=1S/C16H10ClNO2.C8H11NO/c17-11-7-5-10(6-8-11)15-9-13(16(19)20)12-3-1-2-4-14(12)18-15;1-2-10-8-5-3-7(9)4-6-8/h1-9H,(H,19,20);3-6H,2,9H2,1H3. The Bertz CT molecular complexity index is 1140. The van der Waals surface area contributed by atoms with Crippen molar-refractivity contribution < 1.29 is 14.6 Å². The van der Waals surface area contributed by atoms with Crippen molar-refractivity contribution in [2.45, 2.75) is 6.92 Å². The number of nitrogen functional groups attached to an aromatic ring is 1. The first kappa shape index (κ1) is 21.1. The molecule has 0 bridgehead atoms. The van der Waals surface area contributed by atoms with Crippen LogP contribution in [0.15, 0.2) is 78.9 Å². The normalized spacial score (nSPS) is 10.2. The van der Waals surface area contributed by atoms with Crippen LogP contribution >= 0.6 is 11.6 Å². The average Bonchev–Trinajstić information content (AvgIpc) is 2.75. The van der Waals surface area contributed by atoms with Gasteiger partial charge in [-0.2, -0.15) is 0 Å². The summed E-state index contributed by atoms with van der Waals surface area (Å²) in [5.41, 5.74) is 8.61. The Kier molecular flexibility index (Phi) is 6.88. The molecule has 0 fully saturated rings. The topological polar surface area (TPSA) is 85.4 Å². The Hall–Kier alpha value is -3.57. The molecule has 0 amide bonds. The lowest BCUT2D eigenvalue weighted by molar-refractivity contribution is 0.0699. The lowest BCUT2D eigenvalue weighted by atomic mass is 10.0. The molecule has 0 radical (unpaired) electrons. The highest BCUT2D eigenvalue weighted by molar-refractivity contribution is 6.30. The van der Waals surface area contributed by atoms with Crippen LogP contribution in [0.2, 0.25) is 5.02 Å². The highest BCUT2D eigenvalue weighted by atomic mass is 35.5. The number of para-hydroxylation sites is 1. The number of carboxylic acid groups (broad SMARTS) is 1. The van der Waals surface area contributed by atoms with E-state index in [-0.39, 0.29) is 5.56 Å². The van der Waals surface area contributed by atoms with E-state index in [1.807, 2.05) is 49.4 Å². The van der Waals surface area contributed by atoms with E-state index in [0.717, 1.165) is 17.0 Å². The number of rotatable bonds is 4. The fraction of sp³-hybridized carbons (Fsp3) is 0.0833. The van der Waals surface area contributed by atoms with Crippen LogP contribution in [0.25, 0.3) is 22.2 Å². The van der Waals surface area contributed by atoms with Gasteiger partial charge in [0, 0.05) is 21.7 Å². The number of pyridine rings is 1. The summed E-state index contributed by atoms with van der Waals surface area (Å²) < 4.78 is 5.21. The lowest BCUT2D eigenvalue weighted by Gasteiger charge is -2.07. The lowest BCUT2D eigenvalue weighted by Crippen LogP contribution is -2.00. The minimum Gasteiger partial charge on any atom is -0.494 e. The molecule has 0 saturated heterocycles. The van der Waals surface area contributed by atoms with Gasteiger partial charge in [0.05, 0.1) is 23.4 Å². The smallest absolute Gasteiger partial charge is 0.336 e. The third-order valence-corrected chi connectivity index (χ3v) is 4.53. The van der Waals surface area contributed by atoms with Gasteiger partial charge in [0.15, 0.2) is 0 Å². The molecule has 5 nitrogen and oxygen atoms in total. The molecule has 0 spiro atoms. The largest absolute Gasteiger partial charge is 0.494 e. The van der Waals surface area contributed by atoms with Crippen LogP contribution in [0, 0.1) is 0 Å². The van der Waals surface area contributed by atoms with E-state index in [1.165, 1.54) is 0 Å². The molecule has 4 aromatic rings. The number of aromatic nitrogens is 1. The van der Waals surface area contributed by atoms with E-state index in [1.54, 1.807) is 36.4 Å². The number of aromatic carboxylic acids is 1. The second-order valence-corrected chi connectivity index (χ2v) is 6.82. The number of halogens is 1. The first-order valence-corrected chi connectivity index (χ1v) is 9.73. The second kappa shape index (κ2) is 9.76. The molecule has 152 valence electrons. The molecular weight excluding hydrogens is 400 g/mol. The van der Waals surface area contributed by atoms with Crippen LogP contribution in [0.5, 0.6) is 5.75 Å². The van der Waals surface area contributed by atoms with Crippen molar-refractivity contribution >= 4 is 34.2 Å². The van der Waals surface area contributed by atoms with Crippen LogP contribution in [0.3, 0.4) is 0 Å². The zero-order chi connectivity index (χ0) is 21.5. The molecule has 3 aromatic carbocycles. The third-order valence-electron chi connectivity index (χ3n) is 4.28. The highest BCUT2D eigenvalue weighted by Gasteiger charge is 2.12. The molecule has 0 atom stereocenters. The van der Waals surface area contributed by atoms with Crippen molar-refractivity contribution in [2.75, 3.05) is 12.3 Å². The summed E-state index contributed by atoms with van der Waals surface area (Å²) in [6.07, 6.45) is 0. The Morgan fingerprint density at radius 3 is 2.33 bits per heavy atom. The first-order valence-electron chi connectivity index (χ1n) is 9.35. The fourth-order valence-electron chi connectivity index (χ4n) is 2.85. The molecule has 30 heavy (non-hydrogen) atoms. The molecule has 0 aliphatic rings. The minimum atomic E-state index is -0.959. The predicted octanol–water partition coefficient (Wildman–Crippen LogP) is 5.92. The van der Waals surface area contributed by atoms with E-state index in [9.17, 15) is 9.90 Å². The molecule has 1 aromatic heterocycles. The minimum absolute atomic E-state index is 0.251. The average molecular weight is 421 g/mol. The van der Waals surface area contributed by atoms with Gasteiger partial charge in [-0.25, -0.2) is 9.78 Å². The number of carbonyl (C=O) groups is 1. The van der Waals surface area contributed by atoms with Gasteiger partial charge in [-0.05, 0) is 55.5 Å². The van der Waals surface area contributed by atoms with E-state index < -0.39 is 5.97 Å². The van der Waals surface area contributed by atoms with Crippen LogP contribution in [0.1, 0.15) is 17.3 Å². The number of nitrogens with zero attached hydrogens (tertiary/aromatic N) is 1. The number of nitrogens with two attached hydrogens (primary N) is 1. The molecule has 0 aliphatic heterocycles. The van der Waals surface area contributed by atoms with Crippen molar-refractivity contribution in [1.29, 1.82) is 0 Å². The van der Waals surface area contributed by atoms with E-state index >= 15 is 0 Å². The van der Waals surface area contributed by atoms with Gasteiger partial charge in [0.25, 0.3) is 0 Å². The zero-order valence-corrected chi connectivity index (χ0v) is 17.1. The maximum atomic E-state index is 11.4. The summed E-state index contributed by atoms with van der Waals surface area (Å²) in [6.45, 7) is 2.65. The van der Waals surface area contributed by atoms with Gasteiger partial charge >= 0.3 is 5.97 Å². The number of anilines is 1. The van der Waals surface area contributed by atoms with Crippen LogP contribution in [0.4, 0.5) is 5.69 Å². The highest BCUT2D eigenvalue weighted by Crippen LogP contribution is 2.25. The van der Waals surface area contributed by atoms with Gasteiger partial charge in [0.1, 0.15) is 5.75 Å². The molecule has 3 N–H and O–H groups in total. The molecule has 6 heteroatoms. The number of fused-ring (bicyclic) bond motifs is 1. The van der Waals surface area contributed by atoms with Crippen LogP contribution < -0.4 is 10.5 Å². The number of ether oxygens (including phenoxy) is 1. The third kappa shape index (κ3) is 5.27. The number of hydrogen-bond acceptors (Lipinski definition) is 4. The number of carboxylic acids is 1. The van der Waals surface area contributed by atoms with Gasteiger partial charge in [-0.3, -0.25) is 0 Å². The van der Waals surface area contributed by atoms with Crippen molar-refractivity contribution in [3.05, 3.63) is 89.4 Å². The summed E-state index contributed by atoms with van der Waals surface area (Å²) in [7, 11) is 0. The van der Waals surface area contributed by atoms with Gasteiger partial charge in [-0.15, -0.1) is 0 Å². The summed E-state index contributed by atoms with van der Waals surface area (Å²) in [5.74, 6) is -0.0875. The molecule has 1 heterocycles. The molecule has 0 aliphatic carbocycles. The Balaban J connectivity index is 0.000000216. The quantitative estimate of drug-likeness (QED) is 0.400. The molecule has 4 rings (SSSR count). The van der Waals surface area contributed by atoms with Crippen LogP contribution in [-0.4, -0.2) is 22.7 Å². The zero-order valence-electron chi connectivity index (χ0n) is 16.4. The fourth-order valence-corrected chi connectivity index (χ4v) is 2.98. The van der Waals surface area contributed by atoms with E-state index in [0.29, 0.717) is 28.2 Å². The van der Waals surface area contributed by atoms with E-state index in [4.69, 9.17) is 22.1 Å². The molecule has 0 unspecified atom stereocenters. The maximum absolute atomic E-state index is 11.4. The monoisotopic (exact) mass is 420 g/mol. The summed E-state index contributed by atoms with van der Waals surface area (Å²) in [4.78, 5) is 15.9. The Morgan fingerprint density at radius 1 is 1.03 bits per heavy atom. The van der Waals surface area contributed by atoms with Gasteiger partial charge in [0.2, 0.25) is 0 Å². The SMILES string of the molecule is CCOc1ccc(N)cc1.O=C(O)c1cc(-c2ccc(Cl)cc2)nc2ccccc12. The van der Waals surface area contributed by atoms with Crippen molar-refractivity contribution in [2.24, 2.45) is 0 Å². The number of benzene rings is 3. The van der Waals surface area contributed by atoms with Crippen molar-refractivity contribution in [1.82, 2.24) is 4.98 Å². The van der Waals surface area contributed by atoms with Gasteiger partial charge in [-0.1, -0.05) is 41.9 Å². The van der Waals surface area contributed by atoms with Crippen molar-refractivity contribution in [3.63, 3.8) is 0 Å². The van der Waals surface area contributed by atoms with Crippen LogP contribution in [-0.2, 0) is 0 Å². The molecular formula is C24H21ClN2O3. The second-order valence-electron chi connectivity index (χ2n) is 6.39. The summed E-state index contributed by atoms with van der Waals surface area (Å²) >= 11 is 5.86. The Labute approximate surface area is 179 Å². The van der Waals surface area contributed by atoms with E-state index in [2.05, 4.69) is 4.98 Å². The summed E-state index contributed by atoms with van der Waals surface area (Å²) in [5, 5.41) is 10.6. The van der Waals surface area contributed by atoms with Crippen molar-refractivity contribution in [3.8, 4) is 17.0 Å². The number of hydrogen-bond donors (Lipinski definition) is 2. The first-order chi connectivity index (χ1) is 14.5. The summed E-state index contributed by atoms with van der Waals surface area (Å²) in [6, 6.07) is 23.3. The predicted molar refractivity (Wildman–Crippen MR) is 121 cm³/mol. The Morgan fingerprint density at radius 2 is 1.70 bits per heavy atom. The molecule has 0 saturated carbocycles. The maximum Gasteiger partial charge on any atom is 0.336 e.